The fraction of sp³-hybridized carbons (Fsp3) is 0.435. The van der Waals surface area contributed by atoms with Crippen molar-refractivity contribution < 1.29 is 14.3 Å². The van der Waals surface area contributed by atoms with Crippen LogP contribution in [0.2, 0.25) is 0 Å². The molecule has 3 heterocycles. The quantitative estimate of drug-likeness (QED) is 0.582. The summed E-state index contributed by atoms with van der Waals surface area (Å²) in [6, 6.07) is 8.79. The number of aromatic nitrogens is 1. The second-order valence-corrected chi connectivity index (χ2v) is 8.35. The van der Waals surface area contributed by atoms with Gasteiger partial charge in [0.1, 0.15) is 0 Å². The molecule has 0 spiro atoms. The van der Waals surface area contributed by atoms with Gasteiger partial charge in [-0.2, -0.15) is 11.3 Å². The van der Waals surface area contributed by atoms with Gasteiger partial charge in [0.15, 0.2) is 0 Å². The molecule has 0 saturated carbocycles. The lowest BCUT2D eigenvalue weighted by Gasteiger charge is -2.31. The van der Waals surface area contributed by atoms with E-state index < -0.39 is 0 Å². The highest BCUT2D eigenvalue weighted by atomic mass is 32.1. The number of carbonyl (C=O) groups is 1. The van der Waals surface area contributed by atoms with Gasteiger partial charge in [0, 0.05) is 43.7 Å². The minimum atomic E-state index is -0.189. The molecule has 1 aliphatic rings. The van der Waals surface area contributed by atoms with E-state index in [1.54, 1.807) is 18.4 Å². The SMILES string of the molecule is CCOC(=O)N1CCC(c2c[nH]c3ccc(CC(OC)c4ccsc4)cc23)CC1. The maximum absolute atomic E-state index is 12.0. The molecule has 3 aromatic rings. The fourth-order valence-corrected chi connectivity index (χ4v) is 4.95. The molecule has 0 bridgehead atoms. The van der Waals surface area contributed by atoms with E-state index in [4.69, 9.17) is 9.47 Å². The number of nitrogens with zero attached hydrogens (tertiary/aromatic N) is 1. The number of hydrogen-bond donors (Lipinski definition) is 1. The standard InChI is InChI=1S/C23H28N2O3S/c1-3-28-23(26)25-9-6-17(7-10-25)20-14-24-21-5-4-16(12-19(20)21)13-22(27-2)18-8-11-29-15-18/h4-5,8,11-12,14-15,17,22,24H,3,6-7,9-10,13H2,1-2H3. The van der Waals surface area contributed by atoms with Crippen LogP contribution >= 0.6 is 11.3 Å². The lowest BCUT2D eigenvalue weighted by molar-refractivity contribution is 0.0971. The summed E-state index contributed by atoms with van der Waals surface area (Å²) in [6.45, 7) is 3.78. The van der Waals surface area contributed by atoms with Crippen molar-refractivity contribution in [1.82, 2.24) is 9.88 Å². The number of H-pyrrole nitrogens is 1. The minimum Gasteiger partial charge on any atom is -0.450 e. The molecular weight excluding hydrogens is 384 g/mol. The van der Waals surface area contributed by atoms with Crippen molar-refractivity contribution in [2.75, 3.05) is 26.8 Å². The van der Waals surface area contributed by atoms with E-state index in [0.29, 0.717) is 12.5 Å². The van der Waals surface area contributed by atoms with Crippen LogP contribution in [0.15, 0.2) is 41.2 Å². The molecule has 5 nitrogen and oxygen atoms in total. The third-order valence-corrected chi connectivity index (χ3v) is 6.56. The molecule has 1 fully saturated rings. The van der Waals surface area contributed by atoms with Crippen LogP contribution in [0.25, 0.3) is 10.9 Å². The smallest absolute Gasteiger partial charge is 0.409 e. The number of hydrogen-bond acceptors (Lipinski definition) is 4. The topological polar surface area (TPSA) is 54.6 Å². The second-order valence-electron chi connectivity index (χ2n) is 7.57. The first-order valence-corrected chi connectivity index (χ1v) is 11.2. The molecule has 0 aliphatic carbocycles. The Kier molecular flexibility index (Phi) is 6.21. The summed E-state index contributed by atoms with van der Waals surface area (Å²) < 4.78 is 10.9. The van der Waals surface area contributed by atoms with Gasteiger partial charge in [-0.25, -0.2) is 4.79 Å². The molecule has 2 aromatic heterocycles. The third-order valence-electron chi connectivity index (χ3n) is 5.86. The van der Waals surface area contributed by atoms with E-state index in [2.05, 4.69) is 46.2 Å². The van der Waals surface area contributed by atoms with Crippen molar-refractivity contribution in [3.05, 3.63) is 57.9 Å². The van der Waals surface area contributed by atoms with Crippen LogP contribution in [0.4, 0.5) is 4.79 Å². The Morgan fingerprint density at radius 1 is 1.31 bits per heavy atom. The molecule has 1 unspecified atom stereocenters. The number of benzene rings is 1. The van der Waals surface area contributed by atoms with Crippen LogP contribution in [-0.4, -0.2) is 42.8 Å². The van der Waals surface area contributed by atoms with Gasteiger partial charge in [-0.1, -0.05) is 6.07 Å². The van der Waals surface area contributed by atoms with Crippen molar-refractivity contribution in [2.45, 2.75) is 38.2 Å². The first kappa shape index (κ1) is 20.0. The van der Waals surface area contributed by atoms with E-state index in [9.17, 15) is 4.79 Å². The largest absolute Gasteiger partial charge is 0.450 e. The highest BCUT2D eigenvalue weighted by molar-refractivity contribution is 7.07. The van der Waals surface area contributed by atoms with E-state index in [1.165, 1.54) is 27.6 Å². The van der Waals surface area contributed by atoms with Gasteiger partial charge in [0.2, 0.25) is 0 Å². The van der Waals surface area contributed by atoms with Crippen LogP contribution in [0.3, 0.4) is 0 Å². The normalized spacial score (nSPS) is 16.3. The summed E-state index contributed by atoms with van der Waals surface area (Å²) in [5.41, 5.74) is 5.04. The Hall–Kier alpha value is -2.31. The van der Waals surface area contributed by atoms with Crippen molar-refractivity contribution in [1.29, 1.82) is 0 Å². The highest BCUT2D eigenvalue weighted by Gasteiger charge is 2.26. The molecule has 0 radical (unpaired) electrons. The number of rotatable bonds is 6. The van der Waals surface area contributed by atoms with Crippen molar-refractivity contribution >= 4 is 28.3 Å². The Morgan fingerprint density at radius 2 is 2.14 bits per heavy atom. The Balaban J connectivity index is 1.50. The van der Waals surface area contributed by atoms with E-state index in [-0.39, 0.29) is 12.2 Å². The van der Waals surface area contributed by atoms with Gasteiger partial charge < -0.3 is 19.4 Å². The van der Waals surface area contributed by atoms with Crippen LogP contribution in [0.5, 0.6) is 0 Å². The van der Waals surface area contributed by atoms with E-state index in [0.717, 1.165) is 32.4 Å². The molecule has 1 aliphatic heterocycles. The predicted molar refractivity (Wildman–Crippen MR) is 117 cm³/mol. The zero-order valence-electron chi connectivity index (χ0n) is 17.0. The monoisotopic (exact) mass is 412 g/mol. The molecule has 1 saturated heterocycles. The van der Waals surface area contributed by atoms with Crippen LogP contribution in [0.1, 0.15) is 48.5 Å². The average Bonchev–Trinajstić information content (AvgIpc) is 3.42. The van der Waals surface area contributed by atoms with Crippen molar-refractivity contribution in [3.63, 3.8) is 0 Å². The molecule has 6 heteroatoms. The molecule has 1 atom stereocenters. The average molecular weight is 413 g/mol. The molecule has 1 N–H and O–H groups in total. The summed E-state index contributed by atoms with van der Waals surface area (Å²) in [6.07, 6.45) is 4.82. The van der Waals surface area contributed by atoms with Crippen LogP contribution in [0, 0.1) is 0 Å². The van der Waals surface area contributed by atoms with Crippen LogP contribution in [-0.2, 0) is 15.9 Å². The van der Waals surface area contributed by atoms with Crippen LogP contribution < -0.4 is 0 Å². The number of ether oxygens (including phenoxy) is 2. The molecule has 29 heavy (non-hydrogen) atoms. The number of likely N-dealkylation sites (tertiary alicyclic amines) is 1. The van der Waals surface area contributed by atoms with Gasteiger partial charge in [-0.3, -0.25) is 0 Å². The van der Waals surface area contributed by atoms with Gasteiger partial charge in [0.05, 0.1) is 12.7 Å². The number of amides is 1. The fourth-order valence-electron chi connectivity index (χ4n) is 4.25. The molecule has 1 amide bonds. The number of nitrogens with one attached hydrogen (secondary N) is 1. The Morgan fingerprint density at radius 3 is 2.83 bits per heavy atom. The lowest BCUT2D eigenvalue weighted by atomic mass is 9.88. The maximum atomic E-state index is 12.0. The zero-order valence-corrected chi connectivity index (χ0v) is 17.8. The minimum absolute atomic E-state index is 0.0777. The summed E-state index contributed by atoms with van der Waals surface area (Å²) >= 11 is 1.70. The number of carbonyl (C=O) groups excluding carboxylic acids is 1. The molecule has 1 aromatic carbocycles. The van der Waals surface area contributed by atoms with Gasteiger partial charge in [-0.15, -0.1) is 0 Å². The highest BCUT2D eigenvalue weighted by Crippen LogP contribution is 2.34. The van der Waals surface area contributed by atoms with Gasteiger partial charge in [0.25, 0.3) is 0 Å². The lowest BCUT2D eigenvalue weighted by Crippen LogP contribution is -2.38. The van der Waals surface area contributed by atoms with E-state index >= 15 is 0 Å². The molecular formula is C23H28N2O3S. The van der Waals surface area contributed by atoms with Crippen molar-refractivity contribution in [3.8, 4) is 0 Å². The first-order valence-electron chi connectivity index (χ1n) is 10.3. The third kappa shape index (κ3) is 4.33. The Labute approximate surface area is 175 Å². The second kappa shape index (κ2) is 9.01. The first-order chi connectivity index (χ1) is 14.2. The molecule has 4 rings (SSSR count). The number of methoxy groups -OCH3 is 1. The summed E-state index contributed by atoms with van der Waals surface area (Å²) in [7, 11) is 1.78. The summed E-state index contributed by atoms with van der Waals surface area (Å²) in [5.74, 6) is 0.458. The maximum Gasteiger partial charge on any atom is 0.409 e. The number of aromatic amines is 1. The summed E-state index contributed by atoms with van der Waals surface area (Å²) in [5, 5.41) is 5.54. The number of piperidine rings is 1. The number of thiophene rings is 1. The van der Waals surface area contributed by atoms with Crippen molar-refractivity contribution in [2.24, 2.45) is 0 Å². The van der Waals surface area contributed by atoms with E-state index in [1.807, 2.05) is 11.8 Å². The van der Waals surface area contributed by atoms with Gasteiger partial charge in [-0.05, 0) is 71.3 Å². The zero-order chi connectivity index (χ0) is 20.2. The Bertz CT molecular complexity index is 942. The predicted octanol–water partition coefficient (Wildman–Crippen LogP) is 5.50. The van der Waals surface area contributed by atoms with Gasteiger partial charge >= 0.3 is 6.09 Å². The molecule has 154 valence electrons. The number of fused-ring (bicyclic) bond motifs is 1. The summed E-state index contributed by atoms with van der Waals surface area (Å²) in [4.78, 5) is 17.2.